The highest BCUT2D eigenvalue weighted by atomic mass is 79.9. The van der Waals surface area contributed by atoms with Gasteiger partial charge in [0, 0.05) is 30.7 Å². The van der Waals surface area contributed by atoms with Gasteiger partial charge in [0.05, 0.1) is 23.4 Å². The summed E-state index contributed by atoms with van der Waals surface area (Å²) in [5.74, 6) is 0.622. The molecule has 0 saturated carbocycles. The van der Waals surface area contributed by atoms with E-state index in [1.165, 1.54) is 11.3 Å². The maximum Gasteiger partial charge on any atom is 0.266 e. The summed E-state index contributed by atoms with van der Waals surface area (Å²) in [7, 11) is 0. The van der Waals surface area contributed by atoms with Crippen molar-refractivity contribution in [1.82, 2.24) is 9.88 Å². The number of thiazole rings is 1. The average molecular weight is 504 g/mol. The molecule has 1 saturated heterocycles. The number of aromatic nitrogens is 1. The highest BCUT2D eigenvalue weighted by molar-refractivity contribution is 9.10. The van der Waals surface area contributed by atoms with Crippen LogP contribution in [0.5, 0.6) is 5.75 Å². The van der Waals surface area contributed by atoms with Crippen molar-refractivity contribution in [1.29, 1.82) is 0 Å². The molecular weight excluding hydrogens is 478 g/mol. The van der Waals surface area contributed by atoms with Crippen LogP contribution in [0.4, 0.5) is 5.13 Å². The van der Waals surface area contributed by atoms with Crippen LogP contribution in [0.1, 0.15) is 12.0 Å². The largest absolute Gasteiger partial charge is 0.484 e. The molecule has 1 amide bonds. The van der Waals surface area contributed by atoms with E-state index in [4.69, 9.17) is 14.5 Å². The summed E-state index contributed by atoms with van der Waals surface area (Å²) in [5, 5.41) is 0.716. The number of carbonyl (C=O) groups is 1. The second kappa shape index (κ2) is 10.5. The van der Waals surface area contributed by atoms with Gasteiger partial charge in [-0.1, -0.05) is 39.4 Å². The Morgan fingerprint density at radius 3 is 2.90 bits per heavy atom. The third-order valence-electron chi connectivity index (χ3n) is 5.18. The third kappa shape index (κ3) is 6.04. The van der Waals surface area contributed by atoms with Gasteiger partial charge in [-0.05, 0) is 49.2 Å². The van der Waals surface area contributed by atoms with Gasteiger partial charge in [0.15, 0.2) is 11.7 Å². The minimum Gasteiger partial charge on any atom is -0.484 e. The molecule has 0 unspecified atom stereocenters. The molecule has 0 aliphatic carbocycles. The Morgan fingerprint density at radius 2 is 2.10 bits per heavy atom. The molecule has 4 rings (SSSR count). The lowest BCUT2D eigenvalue weighted by Crippen LogP contribution is -2.40. The Hall–Kier alpha value is -2.00. The van der Waals surface area contributed by atoms with Gasteiger partial charge in [-0.15, -0.1) is 0 Å². The van der Waals surface area contributed by atoms with Crippen LogP contribution in [0.15, 0.2) is 46.9 Å². The molecule has 0 bridgehead atoms. The van der Waals surface area contributed by atoms with Crippen molar-refractivity contribution in [2.24, 2.45) is 0 Å². The lowest BCUT2D eigenvalue weighted by atomic mass is 10.2. The van der Waals surface area contributed by atoms with Gasteiger partial charge in [-0.2, -0.15) is 0 Å². The van der Waals surface area contributed by atoms with Gasteiger partial charge < -0.3 is 9.47 Å². The zero-order chi connectivity index (χ0) is 21.6. The predicted octanol–water partition coefficient (Wildman–Crippen LogP) is 4.50. The summed E-state index contributed by atoms with van der Waals surface area (Å²) in [6.45, 7) is 6.97. The van der Waals surface area contributed by atoms with Gasteiger partial charge in [0.1, 0.15) is 5.75 Å². The summed E-state index contributed by atoms with van der Waals surface area (Å²) in [4.78, 5) is 22.0. The van der Waals surface area contributed by atoms with Gasteiger partial charge in [-0.3, -0.25) is 14.6 Å². The lowest BCUT2D eigenvalue weighted by Gasteiger charge is -2.27. The van der Waals surface area contributed by atoms with Crippen LogP contribution in [0.2, 0.25) is 0 Å². The molecule has 2 aromatic carbocycles. The van der Waals surface area contributed by atoms with Crippen molar-refractivity contribution in [3.05, 3.63) is 52.5 Å². The number of morpholine rings is 1. The summed E-state index contributed by atoms with van der Waals surface area (Å²) in [5.41, 5.74) is 2.00. The van der Waals surface area contributed by atoms with Crippen LogP contribution < -0.4 is 9.64 Å². The van der Waals surface area contributed by atoms with Crippen molar-refractivity contribution in [2.45, 2.75) is 13.3 Å². The Morgan fingerprint density at radius 1 is 1.26 bits per heavy atom. The third-order valence-corrected chi connectivity index (χ3v) is 6.72. The highest BCUT2D eigenvalue weighted by Crippen LogP contribution is 2.31. The zero-order valence-corrected chi connectivity index (χ0v) is 20.0. The molecule has 0 radical (unpaired) electrons. The molecule has 164 valence electrons. The normalized spacial score (nSPS) is 14.6. The summed E-state index contributed by atoms with van der Waals surface area (Å²) >= 11 is 5.05. The van der Waals surface area contributed by atoms with Gasteiger partial charge in [0.2, 0.25) is 0 Å². The summed E-state index contributed by atoms with van der Waals surface area (Å²) in [6, 6.07) is 13.7. The molecule has 31 heavy (non-hydrogen) atoms. The molecule has 3 aromatic rings. The first-order valence-corrected chi connectivity index (χ1v) is 12.1. The second-order valence-electron chi connectivity index (χ2n) is 7.57. The molecular formula is C23H26BrN3O3S. The van der Waals surface area contributed by atoms with Crippen molar-refractivity contribution in [3.8, 4) is 5.75 Å². The maximum absolute atomic E-state index is 13.2. The quantitative estimate of drug-likeness (QED) is 0.452. The van der Waals surface area contributed by atoms with Crippen molar-refractivity contribution < 1.29 is 14.3 Å². The fourth-order valence-corrected chi connectivity index (χ4v) is 5.09. The van der Waals surface area contributed by atoms with E-state index >= 15 is 0 Å². The molecule has 1 aromatic heterocycles. The topological polar surface area (TPSA) is 54.9 Å². The minimum absolute atomic E-state index is 0.0133. The maximum atomic E-state index is 13.2. The highest BCUT2D eigenvalue weighted by Gasteiger charge is 2.21. The number of ether oxygens (including phenoxy) is 2. The number of hydrogen-bond donors (Lipinski definition) is 0. The summed E-state index contributed by atoms with van der Waals surface area (Å²) < 4.78 is 13.3. The molecule has 1 aliphatic rings. The first-order chi connectivity index (χ1) is 15.1. The standard InChI is InChI=1S/C23H26BrN3O3S/c1-17-4-2-5-19(14-17)30-16-22(28)27(9-3-8-26-10-12-29-13-11-26)23-25-20-7-6-18(24)15-21(20)31-23/h2,4-7,14-15H,3,8-13,16H2,1H3. The van der Waals surface area contributed by atoms with Crippen LogP contribution in [-0.2, 0) is 9.53 Å². The van der Waals surface area contributed by atoms with E-state index in [9.17, 15) is 4.79 Å². The smallest absolute Gasteiger partial charge is 0.266 e. The van der Waals surface area contributed by atoms with E-state index in [0.717, 1.165) is 59.5 Å². The van der Waals surface area contributed by atoms with Gasteiger partial charge >= 0.3 is 0 Å². The predicted molar refractivity (Wildman–Crippen MR) is 128 cm³/mol. The van der Waals surface area contributed by atoms with Crippen molar-refractivity contribution >= 4 is 48.5 Å². The Labute approximate surface area is 194 Å². The fourth-order valence-electron chi connectivity index (χ4n) is 3.53. The molecule has 0 N–H and O–H groups in total. The number of fused-ring (bicyclic) bond motifs is 1. The number of anilines is 1. The molecule has 1 fully saturated rings. The first-order valence-electron chi connectivity index (χ1n) is 10.4. The number of carbonyl (C=O) groups excluding carboxylic acids is 1. The number of halogens is 1. The molecule has 6 nitrogen and oxygen atoms in total. The van der Waals surface area contributed by atoms with Gasteiger partial charge in [-0.25, -0.2) is 4.98 Å². The molecule has 8 heteroatoms. The van der Waals surface area contributed by atoms with Crippen LogP contribution in [-0.4, -0.2) is 61.8 Å². The zero-order valence-electron chi connectivity index (χ0n) is 17.6. The Kier molecular flexibility index (Phi) is 7.55. The van der Waals surface area contributed by atoms with E-state index in [0.29, 0.717) is 17.4 Å². The van der Waals surface area contributed by atoms with Gasteiger partial charge in [0.25, 0.3) is 5.91 Å². The second-order valence-corrected chi connectivity index (χ2v) is 9.49. The van der Waals surface area contributed by atoms with Crippen LogP contribution in [0.25, 0.3) is 10.2 Å². The lowest BCUT2D eigenvalue weighted by molar-refractivity contribution is -0.120. The summed E-state index contributed by atoms with van der Waals surface area (Å²) in [6.07, 6.45) is 0.871. The Balaban J connectivity index is 1.46. The fraction of sp³-hybridized carbons (Fsp3) is 0.391. The van der Waals surface area contributed by atoms with Crippen molar-refractivity contribution in [3.63, 3.8) is 0 Å². The minimum atomic E-state index is -0.0818. The van der Waals surface area contributed by atoms with Crippen LogP contribution >= 0.6 is 27.3 Å². The Bertz CT molecular complexity index is 1040. The van der Waals surface area contributed by atoms with E-state index in [1.807, 2.05) is 49.4 Å². The van der Waals surface area contributed by atoms with E-state index < -0.39 is 0 Å². The monoisotopic (exact) mass is 503 g/mol. The van der Waals surface area contributed by atoms with E-state index in [2.05, 4.69) is 20.8 Å². The molecule has 0 spiro atoms. The number of rotatable bonds is 8. The van der Waals surface area contributed by atoms with Crippen molar-refractivity contribution in [2.75, 3.05) is 50.9 Å². The van der Waals surface area contributed by atoms with Crippen LogP contribution in [0.3, 0.4) is 0 Å². The van der Waals surface area contributed by atoms with E-state index in [-0.39, 0.29) is 12.5 Å². The average Bonchev–Trinajstić information content (AvgIpc) is 3.18. The number of amides is 1. The SMILES string of the molecule is Cc1cccc(OCC(=O)N(CCCN2CCOCC2)c2nc3ccc(Br)cc3s2)c1. The first kappa shape index (κ1) is 22.2. The number of aryl methyl sites for hydroxylation is 1. The van der Waals surface area contributed by atoms with Crippen LogP contribution in [0, 0.1) is 6.92 Å². The number of hydrogen-bond acceptors (Lipinski definition) is 6. The molecule has 0 atom stereocenters. The number of benzene rings is 2. The number of nitrogens with zero attached hydrogens (tertiary/aromatic N) is 3. The van der Waals surface area contributed by atoms with E-state index in [1.54, 1.807) is 4.90 Å². The molecule has 1 aliphatic heterocycles. The molecule has 2 heterocycles.